The van der Waals surface area contributed by atoms with E-state index in [9.17, 15) is 0 Å². The number of ether oxygens (including phenoxy) is 1. The van der Waals surface area contributed by atoms with Crippen molar-refractivity contribution >= 4 is 11.7 Å². The van der Waals surface area contributed by atoms with E-state index in [-0.39, 0.29) is 0 Å². The van der Waals surface area contributed by atoms with Gasteiger partial charge in [-0.1, -0.05) is 17.3 Å². The van der Waals surface area contributed by atoms with Gasteiger partial charge < -0.3 is 19.1 Å². The van der Waals surface area contributed by atoms with Crippen LogP contribution in [0.3, 0.4) is 0 Å². The number of hydrogen-bond acceptors (Lipinski definition) is 7. The Bertz CT molecular complexity index is 1010. The number of piperidine rings is 1. The summed E-state index contributed by atoms with van der Waals surface area (Å²) in [5, 5.41) is 4.20. The molecule has 3 aromatic rings. The minimum absolute atomic E-state index is 0.292. The number of aryl methyl sites for hydroxylation is 1. The van der Waals surface area contributed by atoms with Crippen LogP contribution in [-0.4, -0.2) is 48.4 Å². The first kappa shape index (κ1) is 18.0. The second-order valence-corrected chi connectivity index (χ2v) is 8.17. The molecule has 2 fully saturated rings. The Morgan fingerprint density at radius 3 is 2.79 bits per heavy atom. The molecule has 5 rings (SSSR count). The molecule has 0 amide bonds. The average molecular weight is 391 g/mol. The fourth-order valence-corrected chi connectivity index (χ4v) is 4.53. The molecule has 2 saturated heterocycles. The third-order valence-corrected chi connectivity index (χ3v) is 5.97. The normalized spacial score (nSPS) is 18.0. The van der Waals surface area contributed by atoms with E-state index in [1.165, 1.54) is 12.1 Å². The van der Waals surface area contributed by atoms with Gasteiger partial charge in [-0.3, -0.25) is 4.98 Å². The molecule has 1 spiro atoms. The summed E-state index contributed by atoms with van der Waals surface area (Å²) in [5.41, 5.74) is 3.51. The summed E-state index contributed by atoms with van der Waals surface area (Å²) in [6.07, 6.45) is 4.27. The van der Waals surface area contributed by atoms with Gasteiger partial charge in [0.2, 0.25) is 5.82 Å². The third kappa shape index (κ3) is 3.41. The Labute approximate surface area is 170 Å². The maximum atomic E-state index is 5.62. The molecule has 0 bridgehead atoms. The van der Waals surface area contributed by atoms with Gasteiger partial charge in [0.15, 0.2) is 0 Å². The highest BCUT2D eigenvalue weighted by atomic mass is 16.5. The van der Waals surface area contributed by atoms with Gasteiger partial charge in [-0.15, -0.1) is 0 Å². The topological polar surface area (TPSA) is 67.5 Å². The second-order valence-electron chi connectivity index (χ2n) is 8.17. The Morgan fingerprint density at radius 1 is 1.10 bits per heavy atom. The van der Waals surface area contributed by atoms with E-state index in [1.807, 2.05) is 37.4 Å². The summed E-state index contributed by atoms with van der Waals surface area (Å²) < 4.78 is 10.9. The molecule has 0 saturated carbocycles. The van der Waals surface area contributed by atoms with Crippen LogP contribution in [-0.2, 0) is 0 Å². The maximum absolute atomic E-state index is 5.62. The molecule has 0 atom stereocenters. The number of nitrogens with zero attached hydrogens (tertiary/aromatic N) is 5. The molecule has 4 heterocycles. The molecule has 0 N–H and O–H groups in total. The maximum Gasteiger partial charge on any atom is 0.324 e. The van der Waals surface area contributed by atoms with Crippen molar-refractivity contribution in [3.63, 3.8) is 0 Å². The zero-order chi connectivity index (χ0) is 19.8. The predicted molar refractivity (Wildman–Crippen MR) is 111 cm³/mol. The van der Waals surface area contributed by atoms with Crippen LogP contribution in [0.25, 0.3) is 11.4 Å². The van der Waals surface area contributed by atoms with Gasteiger partial charge in [0.05, 0.1) is 7.11 Å². The van der Waals surface area contributed by atoms with E-state index in [4.69, 9.17) is 9.26 Å². The Hall–Kier alpha value is -3.09. The first-order valence-corrected chi connectivity index (χ1v) is 10.0. The van der Waals surface area contributed by atoms with Crippen molar-refractivity contribution in [2.75, 3.05) is 43.1 Å². The molecule has 29 heavy (non-hydrogen) atoms. The minimum atomic E-state index is 0.292. The standard InChI is InChI=1S/C22H25N5O2/c1-16-11-18(7-9-23-16)27-14-22(15-27)8-4-10-26(13-22)21-24-20(25-29-21)17-5-3-6-19(12-17)28-2/h3,5-7,9,11-12H,4,8,10,13-15H2,1-2H3. The van der Waals surface area contributed by atoms with Crippen LogP contribution in [0.15, 0.2) is 47.1 Å². The van der Waals surface area contributed by atoms with Gasteiger partial charge in [0.1, 0.15) is 5.75 Å². The summed E-state index contributed by atoms with van der Waals surface area (Å²) in [7, 11) is 1.66. The van der Waals surface area contributed by atoms with Crippen LogP contribution in [0.2, 0.25) is 0 Å². The second kappa shape index (κ2) is 7.06. The molecule has 2 aliphatic rings. The van der Waals surface area contributed by atoms with Crippen molar-refractivity contribution in [3.8, 4) is 17.1 Å². The summed E-state index contributed by atoms with van der Waals surface area (Å²) in [5.74, 6) is 1.38. The van der Waals surface area contributed by atoms with Crippen molar-refractivity contribution in [1.29, 1.82) is 0 Å². The van der Waals surface area contributed by atoms with E-state index in [2.05, 4.69) is 37.1 Å². The zero-order valence-electron chi connectivity index (χ0n) is 16.8. The van der Waals surface area contributed by atoms with Crippen LogP contribution in [0, 0.1) is 12.3 Å². The lowest BCUT2D eigenvalue weighted by Gasteiger charge is -2.55. The highest BCUT2D eigenvalue weighted by molar-refractivity contribution is 5.58. The fourth-order valence-electron chi connectivity index (χ4n) is 4.53. The predicted octanol–water partition coefficient (Wildman–Crippen LogP) is 3.56. The largest absolute Gasteiger partial charge is 0.497 e. The quantitative estimate of drug-likeness (QED) is 0.674. The van der Waals surface area contributed by atoms with Crippen LogP contribution in [0.4, 0.5) is 11.7 Å². The molecule has 0 unspecified atom stereocenters. The van der Waals surface area contributed by atoms with Gasteiger partial charge in [-0.25, -0.2) is 0 Å². The summed E-state index contributed by atoms with van der Waals surface area (Å²) in [6.45, 7) is 6.06. The molecule has 2 aromatic heterocycles. The van der Waals surface area contributed by atoms with Crippen molar-refractivity contribution in [2.45, 2.75) is 19.8 Å². The number of anilines is 2. The van der Waals surface area contributed by atoms with Crippen LogP contribution in [0.1, 0.15) is 18.5 Å². The third-order valence-electron chi connectivity index (χ3n) is 5.97. The molecule has 1 aromatic carbocycles. The number of methoxy groups -OCH3 is 1. The Morgan fingerprint density at radius 2 is 1.97 bits per heavy atom. The Kier molecular flexibility index (Phi) is 4.38. The van der Waals surface area contributed by atoms with Gasteiger partial charge >= 0.3 is 6.01 Å². The number of pyridine rings is 1. The SMILES string of the molecule is COc1cccc(-c2noc(N3CCCC4(CN(c5ccnc(C)c5)C4)C3)n2)c1. The first-order chi connectivity index (χ1) is 14.1. The monoisotopic (exact) mass is 391 g/mol. The average Bonchev–Trinajstić information content (AvgIpc) is 3.22. The zero-order valence-corrected chi connectivity index (χ0v) is 16.8. The molecule has 0 radical (unpaired) electrons. The summed E-state index contributed by atoms with van der Waals surface area (Å²) in [4.78, 5) is 13.7. The van der Waals surface area contributed by atoms with Crippen molar-refractivity contribution in [3.05, 3.63) is 48.3 Å². The van der Waals surface area contributed by atoms with Crippen LogP contribution < -0.4 is 14.5 Å². The molecule has 7 heteroatoms. The van der Waals surface area contributed by atoms with Gasteiger partial charge in [0.25, 0.3) is 0 Å². The molecule has 7 nitrogen and oxygen atoms in total. The summed E-state index contributed by atoms with van der Waals surface area (Å²) in [6, 6.07) is 12.6. The van der Waals surface area contributed by atoms with Crippen molar-refractivity contribution < 1.29 is 9.26 Å². The van der Waals surface area contributed by atoms with E-state index in [0.717, 1.165) is 49.6 Å². The number of hydrogen-bond donors (Lipinski definition) is 0. The lowest BCUT2D eigenvalue weighted by atomic mass is 9.73. The molecular formula is C22H25N5O2. The Balaban J connectivity index is 1.29. The molecular weight excluding hydrogens is 366 g/mol. The first-order valence-electron chi connectivity index (χ1n) is 10.0. The number of aromatic nitrogens is 3. The molecule has 0 aliphatic carbocycles. The van der Waals surface area contributed by atoms with Crippen LogP contribution >= 0.6 is 0 Å². The van der Waals surface area contributed by atoms with E-state index < -0.39 is 0 Å². The van der Waals surface area contributed by atoms with Gasteiger partial charge in [-0.2, -0.15) is 4.98 Å². The smallest absolute Gasteiger partial charge is 0.324 e. The number of rotatable bonds is 4. The van der Waals surface area contributed by atoms with Gasteiger partial charge in [0, 0.05) is 54.7 Å². The molecule has 2 aliphatic heterocycles. The highest BCUT2D eigenvalue weighted by Crippen LogP contribution is 2.42. The van der Waals surface area contributed by atoms with E-state index in [1.54, 1.807) is 7.11 Å². The summed E-state index contributed by atoms with van der Waals surface area (Å²) >= 11 is 0. The number of benzene rings is 1. The van der Waals surface area contributed by atoms with E-state index in [0.29, 0.717) is 17.3 Å². The van der Waals surface area contributed by atoms with Gasteiger partial charge in [-0.05, 0) is 44.0 Å². The highest BCUT2D eigenvalue weighted by Gasteiger charge is 2.46. The van der Waals surface area contributed by atoms with Crippen molar-refractivity contribution in [2.24, 2.45) is 5.41 Å². The van der Waals surface area contributed by atoms with Crippen molar-refractivity contribution in [1.82, 2.24) is 15.1 Å². The minimum Gasteiger partial charge on any atom is -0.497 e. The fraction of sp³-hybridized carbons (Fsp3) is 0.409. The lowest BCUT2D eigenvalue weighted by Crippen LogP contribution is -2.63. The lowest BCUT2D eigenvalue weighted by molar-refractivity contribution is 0.169. The molecule has 150 valence electrons. The van der Waals surface area contributed by atoms with E-state index >= 15 is 0 Å². The van der Waals surface area contributed by atoms with Crippen LogP contribution in [0.5, 0.6) is 5.75 Å².